The lowest BCUT2D eigenvalue weighted by atomic mass is 10.0. The largest absolute Gasteiger partial charge is 0.480 e. The van der Waals surface area contributed by atoms with Gasteiger partial charge in [-0.1, -0.05) is 27.7 Å². The molecule has 4 amide bonds. The normalized spacial score (nSPS) is 15.0. The van der Waals surface area contributed by atoms with E-state index < -0.39 is 60.2 Å². The molecule has 4 unspecified atom stereocenters. The zero-order valence-corrected chi connectivity index (χ0v) is 19.5. The number of carboxylic acid groups (broad SMARTS) is 1. The minimum atomic E-state index is -1.32. The van der Waals surface area contributed by atoms with Gasteiger partial charge in [-0.05, 0) is 30.3 Å². The van der Waals surface area contributed by atoms with Crippen molar-refractivity contribution < 1.29 is 29.1 Å². The van der Waals surface area contributed by atoms with Crippen molar-refractivity contribution in [3.05, 3.63) is 0 Å². The third-order valence-electron chi connectivity index (χ3n) is 4.53. The molecule has 178 valence electrons. The highest BCUT2D eigenvalue weighted by atomic mass is 32.2. The van der Waals surface area contributed by atoms with Gasteiger partial charge in [-0.2, -0.15) is 11.8 Å². The molecule has 0 saturated carbocycles. The molecule has 0 saturated heterocycles. The van der Waals surface area contributed by atoms with Crippen molar-refractivity contribution in [1.82, 2.24) is 16.0 Å². The van der Waals surface area contributed by atoms with Crippen LogP contribution < -0.4 is 27.4 Å². The fourth-order valence-electron chi connectivity index (χ4n) is 2.53. The average molecular weight is 462 g/mol. The van der Waals surface area contributed by atoms with Crippen LogP contribution in [0.25, 0.3) is 0 Å². The molecular formula is C19H35N5O6S. The van der Waals surface area contributed by atoms with E-state index >= 15 is 0 Å². The second-order valence-electron chi connectivity index (χ2n) is 7.91. The number of carboxylic acids is 1. The monoisotopic (exact) mass is 461 g/mol. The Morgan fingerprint density at radius 1 is 0.871 bits per heavy atom. The maximum absolute atomic E-state index is 12.8. The van der Waals surface area contributed by atoms with E-state index in [4.69, 9.17) is 11.5 Å². The minimum Gasteiger partial charge on any atom is -0.480 e. The summed E-state index contributed by atoms with van der Waals surface area (Å²) in [5, 5.41) is 16.6. The molecule has 0 bridgehead atoms. The third kappa shape index (κ3) is 10.5. The number of thioether (sulfide) groups is 1. The van der Waals surface area contributed by atoms with Crippen molar-refractivity contribution in [3.8, 4) is 0 Å². The highest BCUT2D eigenvalue weighted by molar-refractivity contribution is 7.98. The number of nitrogens with two attached hydrogens (primary N) is 2. The summed E-state index contributed by atoms with van der Waals surface area (Å²) in [6.45, 7) is 6.74. The smallest absolute Gasteiger partial charge is 0.326 e. The summed E-state index contributed by atoms with van der Waals surface area (Å²) < 4.78 is 0. The summed E-state index contributed by atoms with van der Waals surface area (Å²) in [5.74, 6) is -4.20. The van der Waals surface area contributed by atoms with Gasteiger partial charge in [0.15, 0.2) is 0 Å². The number of rotatable bonds is 14. The number of hydrogen-bond donors (Lipinski definition) is 6. The van der Waals surface area contributed by atoms with Gasteiger partial charge in [-0.25, -0.2) is 4.79 Å². The van der Waals surface area contributed by atoms with Crippen LogP contribution >= 0.6 is 11.8 Å². The van der Waals surface area contributed by atoms with Crippen molar-refractivity contribution in [3.63, 3.8) is 0 Å². The predicted octanol–water partition coefficient (Wildman–Crippen LogP) is -1.21. The van der Waals surface area contributed by atoms with Crippen LogP contribution in [0.5, 0.6) is 0 Å². The van der Waals surface area contributed by atoms with Crippen molar-refractivity contribution in [2.45, 2.75) is 64.7 Å². The quantitative estimate of drug-likeness (QED) is 0.185. The van der Waals surface area contributed by atoms with Crippen LogP contribution in [-0.4, -0.2) is 70.9 Å². The zero-order valence-electron chi connectivity index (χ0n) is 18.6. The molecule has 0 spiro atoms. The molecule has 0 aliphatic heterocycles. The molecule has 0 aliphatic carbocycles. The van der Waals surface area contributed by atoms with E-state index in [1.807, 2.05) is 6.26 Å². The Bertz CT molecular complexity index is 658. The van der Waals surface area contributed by atoms with Crippen LogP contribution in [-0.2, 0) is 24.0 Å². The number of carbonyl (C=O) groups excluding carboxylic acids is 4. The van der Waals surface area contributed by atoms with Crippen LogP contribution in [0.4, 0.5) is 0 Å². The fourth-order valence-corrected chi connectivity index (χ4v) is 3.00. The first kappa shape index (κ1) is 28.7. The van der Waals surface area contributed by atoms with Crippen LogP contribution in [0.15, 0.2) is 0 Å². The first-order valence-electron chi connectivity index (χ1n) is 9.98. The number of nitrogens with one attached hydrogen (secondary N) is 3. The van der Waals surface area contributed by atoms with Crippen LogP contribution in [0.1, 0.15) is 40.5 Å². The van der Waals surface area contributed by atoms with E-state index in [1.165, 1.54) is 11.8 Å². The molecule has 0 radical (unpaired) electrons. The van der Waals surface area contributed by atoms with E-state index in [1.54, 1.807) is 27.7 Å². The van der Waals surface area contributed by atoms with Crippen LogP contribution in [0, 0.1) is 11.8 Å². The van der Waals surface area contributed by atoms with Gasteiger partial charge in [-0.3, -0.25) is 19.2 Å². The molecule has 0 aromatic rings. The van der Waals surface area contributed by atoms with Gasteiger partial charge >= 0.3 is 5.97 Å². The lowest BCUT2D eigenvalue weighted by Crippen LogP contribution is -2.58. The number of carbonyl (C=O) groups is 5. The third-order valence-corrected chi connectivity index (χ3v) is 5.18. The Balaban J connectivity index is 5.48. The maximum atomic E-state index is 12.8. The zero-order chi connectivity index (χ0) is 24.3. The molecule has 0 aromatic heterocycles. The van der Waals surface area contributed by atoms with Crippen molar-refractivity contribution in [2.75, 3.05) is 12.0 Å². The Morgan fingerprint density at radius 2 is 1.39 bits per heavy atom. The summed E-state index contributed by atoms with van der Waals surface area (Å²) in [4.78, 5) is 60.5. The minimum absolute atomic E-state index is 0.207. The molecule has 0 heterocycles. The van der Waals surface area contributed by atoms with E-state index in [2.05, 4.69) is 16.0 Å². The summed E-state index contributed by atoms with van der Waals surface area (Å²) >= 11 is 1.43. The molecule has 12 heteroatoms. The molecule has 0 rings (SSSR count). The van der Waals surface area contributed by atoms with Crippen LogP contribution in [0.3, 0.4) is 0 Å². The van der Waals surface area contributed by atoms with Gasteiger partial charge in [0.25, 0.3) is 0 Å². The van der Waals surface area contributed by atoms with Crippen molar-refractivity contribution in [2.24, 2.45) is 23.3 Å². The Labute approximate surface area is 186 Å². The highest BCUT2D eigenvalue weighted by Gasteiger charge is 2.32. The molecule has 8 N–H and O–H groups in total. The first-order chi connectivity index (χ1) is 14.3. The molecule has 0 fully saturated rings. The second-order valence-corrected chi connectivity index (χ2v) is 8.90. The number of hydrogen-bond acceptors (Lipinski definition) is 7. The summed E-state index contributed by atoms with van der Waals surface area (Å²) in [6.07, 6.45) is 1.54. The molecule has 4 atom stereocenters. The van der Waals surface area contributed by atoms with Gasteiger partial charge in [0.05, 0.1) is 12.5 Å². The average Bonchev–Trinajstić information content (AvgIpc) is 2.66. The van der Waals surface area contributed by atoms with Gasteiger partial charge in [0, 0.05) is 0 Å². The second kappa shape index (κ2) is 13.9. The number of primary amides is 1. The standard InChI is InChI=1S/C19H35N5O6S/c1-9(2)14(21)18(28)23-12(8-13(20)25)17(27)22-11(6-7-31-5)16(26)24-15(10(3)4)19(29)30/h9-12,14-15H,6-8,21H2,1-5H3,(H2,20,25)(H,22,27)(H,23,28)(H,24,26)(H,29,30). The van der Waals surface area contributed by atoms with Gasteiger partial charge in [0.1, 0.15) is 18.1 Å². The Hall–Kier alpha value is -2.34. The molecular weight excluding hydrogens is 426 g/mol. The Kier molecular flexibility index (Phi) is 12.8. The summed E-state index contributed by atoms with van der Waals surface area (Å²) in [6, 6.07) is -4.42. The van der Waals surface area contributed by atoms with Crippen LogP contribution in [0.2, 0.25) is 0 Å². The summed E-state index contributed by atoms with van der Waals surface area (Å²) in [7, 11) is 0. The van der Waals surface area contributed by atoms with E-state index in [-0.39, 0.29) is 18.3 Å². The van der Waals surface area contributed by atoms with Crippen molar-refractivity contribution in [1.29, 1.82) is 0 Å². The highest BCUT2D eigenvalue weighted by Crippen LogP contribution is 2.07. The van der Waals surface area contributed by atoms with E-state index in [0.29, 0.717) is 5.75 Å². The molecule has 11 nitrogen and oxygen atoms in total. The maximum Gasteiger partial charge on any atom is 0.326 e. The Morgan fingerprint density at radius 3 is 1.81 bits per heavy atom. The first-order valence-corrected chi connectivity index (χ1v) is 11.4. The SMILES string of the molecule is CSCCC(NC(=O)C(CC(N)=O)NC(=O)C(N)C(C)C)C(=O)NC(C(=O)O)C(C)C. The van der Waals surface area contributed by atoms with Gasteiger partial charge < -0.3 is 32.5 Å². The van der Waals surface area contributed by atoms with Crippen molar-refractivity contribution >= 4 is 41.4 Å². The van der Waals surface area contributed by atoms with Gasteiger partial charge in [-0.15, -0.1) is 0 Å². The fraction of sp³-hybridized carbons (Fsp3) is 0.737. The van der Waals surface area contributed by atoms with Gasteiger partial charge in [0.2, 0.25) is 23.6 Å². The summed E-state index contributed by atoms with van der Waals surface area (Å²) in [5.41, 5.74) is 11.0. The lowest BCUT2D eigenvalue weighted by molar-refractivity contribution is -0.143. The topological polar surface area (TPSA) is 194 Å². The number of amides is 4. The lowest BCUT2D eigenvalue weighted by Gasteiger charge is -2.26. The predicted molar refractivity (Wildman–Crippen MR) is 118 cm³/mol. The molecule has 0 aliphatic rings. The molecule has 0 aromatic carbocycles. The van der Waals surface area contributed by atoms with E-state index in [9.17, 15) is 29.1 Å². The van der Waals surface area contributed by atoms with E-state index in [0.717, 1.165) is 0 Å². The number of aliphatic carboxylic acids is 1. The molecule has 31 heavy (non-hydrogen) atoms.